The van der Waals surface area contributed by atoms with Gasteiger partial charge in [0.05, 0.1) is 22.3 Å². The topological polar surface area (TPSA) is 151 Å². The van der Waals surface area contributed by atoms with Gasteiger partial charge in [-0.1, -0.05) is 12.1 Å². The van der Waals surface area contributed by atoms with Crippen LogP contribution in [-0.4, -0.2) is 43.0 Å². The number of Topliss-reactive ketones (excluding diaryl/α,β-unsaturated/α-hetero) is 1. The summed E-state index contributed by atoms with van der Waals surface area (Å²) >= 11 is 0. The quantitative estimate of drug-likeness (QED) is 0.383. The van der Waals surface area contributed by atoms with Gasteiger partial charge in [-0.05, 0) is 17.3 Å². The minimum Gasteiger partial charge on any atom is -0.491 e. The Labute approximate surface area is 147 Å². The summed E-state index contributed by atoms with van der Waals surface area (Å²) in [5, 5.41) is 2.93. The van der Waals surface area contributed by atoms with E-state index >= 15 is 0 Å². The highest BCUT2D eigenvalue weighted by Gasteiger charge is 2.24. The lowest BCUT2D eigenvalue weighted by atomic mass is 10.1. The molecule has 0 bridgehead atoms. The minimum absolute atomic E-state index is 0.146. The Morgan fingerprint density at radius 3 is 2.76 bits per heavy atom. The number of carbonyl (C=O) groups is 1. The predicted molar refractivity (Wildman–Crippen MR) is 92.6 cm³/mol. The number of hydrogen-bond donors (Lipinski definition) is 2. The van der Waals surface area contributed by atoms with Gasteiger partial charge in [-0.25, -0.2) is 0 Å². The molecule has 0 amide bonds. The Kier molecular flexibility index (Phi) is 5.80. The van der Waals surface area contributed by atoms with Crippen molar-refractivity contribution in [3.8, 4) is 5.75 Å². The average molecular weight is 387 g/mol. The molecule has 0 radical (unpaired) electrons. The van der Waals surface area contributed by atoms with Crippen molar-refractivity contribution in [2.45, 2.75) is 11.3 Å². The number of ketones is 1. The van der Waals surface area contributed by atoms with E-state index in [-0.39, 0.29) is 18.6 Å². The highest BCUT2D eigenvalue weighted by molar-refractivity contribution is 7.87. The third-order valence-electron chi connectivity index (χ3n) is 3.19. The van der Waals surface area contributed by atoms with Crippen molar-refractivity contribution >= 4 is 38.7 Å². The highest BCUT2D eigenvalue weighted by Crippen LogP contribution is 2.31. The first-order valence-corrected chi connectivity index (χ1v) is 10.2. The van der Waals surface area contributed by atoms with Crippen LogP contribution in [0.25, 0.3) is 6.08 Å². The number of fused-ring (bicyclic) bond motifs is 1. The summed E-state index contributed by atoms with van der Waals surface area (Å²) in [6.45, 7) is 0.146. The number of rotatable bonds is 6. The maximum Gasteiger partial charge on any atom is 0.336 e. The molecule has 136 valence electrons. The molecule has 1 aliphatic rings. The van der Waals surface area contributed by atoms with Crippen LogP contribution in [0.2, 0.25) is 0 Å². The van der Waals surface area contributed by atoms with E-state index in [0.717, 1.165) is 0 Å². The van der Waals surface area contributed by atoms with Crippen LogP contribution in [0, 0.1) is 0 Å². The molecule has 11 heteroatoms. The van der Waals surface area contributed by atoms with Crippen LogP contribution < -0.4 is 16.2 Å². The molecular formula is C14H17N3O6S2. The molecule has 1 aromatic carbocycles. The third-order valence-corrected chi connectivity index (χ3v) is 5.05. The zero-order valence-corrected chi connectivity index (χ0v) is 14.9. The SMILES string of the molecule is CS(=O)c1cccc2c1OCCC(C(=O)CS(=O)(=O)ON=C(N)N)=C2. The monoisotopic (exact) mass is 387 g/mol. The smallest absolute Gasteiger partial charge is 0.336 e. The lowest BCUT2D eigenvalue weighted by molar-refractivity contribution is -0.113. The summed E-state index contributed by atoms with van der Waals surface area (Å²) in [5.74, 6) is -1.73. The Balaban J connectivity index is 2.28. The number of benzene rings is 1. The highest BCUT2D eigenvalue weighted by atomic mass is 32.2. The van der Waals surface area contributed by atoms with Crippen molar-refractivity contribution in [2.24, 2.45) is 16.6 Å². The van der Waals surface area contributed by atoms with Crippen LogP contribution in [-0.2, 0) is 30.0 Å². The van der Waals surface area contributed by atoms with Crippen LogP contribution in [0.5, 0.6) is 5.75 Å². The van der Waals surface area contributed by atoms with Crippen molar-refractivity contribution in [3.05, 3.63) is 29.3 Å². The second-order valence-corrected chi connectivity index (χ2v) is 8.01. The summed E-state index contributed by atoms with van der Waals surface area (Å²) in [5.41, 5.74) is 10.8. The second kappa shape index (κ2) is 7.66. The first kappa shape index (κ1) is 18.9. The number of nitrogens with two attached hydrogens (primary N) is 2. The van der Waals surface area contributed by atoms with Gasteiger partial charge in [0, 0.05) is 23.8 Å². The molecular weight excluding hydrogens is 370 g/mol. The van der Waals surface area contributed by atoms with E-state index in [1.807, 2.05) is 0 Å². The van der Waals surface area contributed by atoms with E-state index in [4.69, 9.17) is 16.2 Å². The maximum absolute atomic E-state index is 12.3. The summed E-state index contributed by atoms with van der Waals surface area (Å²) < 4.78 is 45.0. The first-order chi connectivity index (χ1) is 11.7. The molecule has 0 spiro atoms. The van der Waals surface area contributed by atoms with Crippen LogP contribution in [0.3, 0.4) is 0 Å². The molecule has 0 fully saturated rings. The Morgan fingerprint density at radius 2 is 2.12 bits per heavy atom. The Hall–Kier alpha value is -2.40. The molecule has 0 saturated carbocycles. The van der Waals surface area contributed by atoms with Gasteiger partial charge in [0.15, 0.2) is 11.5 Å². The molecule has 2 rings (SSSR count). The lowest BCUT2D eigenvalue weighted by Crippen LogP contribution is -2.25. The van der Waals surface area contributed by atoms with Gasteiger partial charge >= 0.3 is 10.1 Å². The molecule has 1 heterocycles. The molecule has 4 N–H and O–H groups in total. The van der Waals surface area contributed by atoms with E-state index < -0.39 is 38.4 Å². The zero-order chi connectivity index (χ0) is 18.6. The van der Waals surface area contributed by atoms with Crippen molar-refractivity contribution in [1.82, 2.24) is 0 Å². The predicted octanol–water partition coefficient (Wildman–Crippen LogP) is -0.306. The van der Waals surface area contributed by atoms with Crippen LogP contribution in [0.15, 0.2) is 33.8 Å². The molecule has 0 saturated heterocycles. The van der Waals surface area contributed by atoms with Gasteiger partial charge in [0.2, 0.25) is 5.96 Å². The van der Waals surface area contributed by atoms with Crippen LogP contribution in [0.1, 0.15) is 12.0 Å². The fourth-order valence-electron chi connectivity index (χ4n) is 2.15. The second-order valence-electron chi connectivity index (χ2n) is 5.11. The number of hydrogen-bond acceptors (Lipinski definition) is 7. The number of guanidine groups is 1. The van der Waals surface area contributed by atoms with Gasteiger partial charge in [-0.15, -0.1) is 0 Å². The van der Waals surface area contributed by atoms with Gasteiger partial charge < -0.3 is 16.2 Å². The molecule has 0 aromatic heterocycles. The largest absolute Gasteiger partial charge is 0.491 e. The average Bonchev–Trinajstić information content (AvgIpc) is 2.74. The maximum atomic E-state index is 12.3. The molecule has 1 aliphatic heterocycles. The number of para-hydroxylation sites is 1. The summed E-state index contributed by atoms with van der Waals surface area (Å²) in [7, 11) is -5.53. The minimum atomic E-state index is -4.26. The van der Waals surface area contributed by atoms with E-state index in [0.29, 0.717) is 16.2 Å². The van der Waals surface area contributed by atoms with Crippen molar-refractivity contribution in [1.29, 1.82) is 0 Å². The third kappa shape index (κ3) is 5.03. The summed E-state index contributed by atoms with van der Waals surface area (Å²) in [6, 6.07) is 5.04. The first-order valence-electron chi connectivity index (χ1n) is 7.03. The van der Waals surface area contributed by atoms with E-state index in [1.165, 1.54) is 12.3 Å². The molecule has 1 unspecified atom stereocenters. The number of ether oxygens (including phenoxy) is 1. The molecule has 1 atom stereocenters. The van der Waals surface area contributed by atoms with E-state index in [9.17, 15) is 17.4 Å². The fraction of sp³-hybridized carbons (Fsp3) is 0.286. The van der Waals surface area contributed by atoms with Crippen molar-refractivity contribution in [3.63, 3.8) is 0 Å². The van der Waals surface area contributed by atoms with Gasteiger partial charge in [-0.3, -0.25) is 13.3 Å². The number of nitrogens with zero attached hydrogens (tertiary/aromatic N) is 1. The van der Waals surface area contributed by atoms with E-state index in [1.54, 1.807) is 18.2 Å². The van der Waals surface area contributed by atoms with Crippen molar-refractivity contribution in [2.75, 3.05) is 18.6 Å². The molecule has 9 nitrogen and oxygen atoms in total. The summed E-state index contributed by atoms with van der Waals surface area (Å²) in [4.78, 5) is 12.8. The van der Waals surface area contributed by atoms with Crippen molar-refractivity contribution < 1.29 is 26.4 Å². The summed E-state index contributed by atoms with van der Waals surface area (Å²) in [6.07, 6.45) is 3.24. The zero-order valence-electron chi connectivity index (χ0n) is 13.3. The molecule has 0 aliphatic carbocycles. The number of carbonyl (C=O) groups excluding carboxylic acids is 1. The Bertz CT molecular complexity index is 873. The van der Waals surface area contributed by atoms with E-state index in [2.05, 4.69) is 9.44 Å². The van der Waals surface area contributed by atoms with Crippen LogP contribution in [0.4, 0.5) is 0 Å². The Morgan fingerprint density at radius 1 is 1.40 bits per heavy atom. The molecule has 25 heavy (non-hydrogen) atoms. The van der Waals surface area contributed by atoms with Crippen LogP contribution >= 0.6 is 0 Å². The van der Waals surface area contributed by atoms with Gasteiger partial charge in [0.25, 0.3) is 0 Å². The van der Waals surface area contributed by atoms with Gasteiger partial charge in [0.1, 0.15) is 5.75 Å². The normalized spacial score (nSPS) is 15.0. The van der Waals surface area contributed by atoms with Gasteiger partial charge in [-0.2, -0.15) is 8.42 Å². The molecule has 1 aromatic rings. The lowest BCUT2D eigenvalue weighted by Gasteiger charge is -2.09. The fourth-order valence-corrected chi connectivity index (χ4v) is 3.62. The standard InChI is InChI=1S/C14H17N3O6S2/c1-24(19)12-4-2-3-10-7-9(5-6-22-13(10)12)11(18)8-25(20,21)23-17-14(15)16/h2-4,7H,5-6,8H2,1H3,(H4,15,16,17). The number of oxime groups is 1.